The Morgan fingerprint density at radius 3 is 1.71 bits per heavy atom. The molecule has 0 spiro atoms. The van der Waals surface area contributed by atoms with Crippen LogP contribution in [0.2, 0.25) is 0 Å². The zero-order valence-corrected chi connectivity index (χ0v) is 35.7. The summed E-state index contributed by atoms with van der Waals surface area (Å²) in [7, 11) is 0. The van der Waals surface area contributed by atoms with Gasteiger partial charge in [0, 0.05) is 45.8 Å². The highest BCUT2D eigenvalue weighted by Gasteiger charge is 2.46. The van der Waals surface area contributed by atoms with E-state index < -0.39 is 5.41 Å². The van der Waals surface area contributed by atoms with Gasteiger partial charge in [-0.3, -0.25) is 9.47 Å². The molecule has 0 amide bonds. The number of benzene rings is 10. The van der Waals surface area contributed by atoms with E-state index in [4.69, 9.17) is 0 Å². The topological polar surface area (TPSA) is 11.4 Å². The predicted molar refractivity (Wildman–Crippen MR) is 270 cm³/mol. The Balaban J connectivity index is 1.05. The van der Waals surface area contributed by atoms with Crippen molar-refractivity contribution in [1.29, 1.82) is 0 Å². The molecule has 0 saturated heterocycles. The summed E-state index contributed by atoms with van der Waals surface area (Å²) in [5.41, 5.74) is 17.7. The van der Waals surface area contributed by atoms with Crippen molar-refractivity contribution in [3.63, 3.8) is 0 Å². The first-order chi connectivity index (χ1) is 32.3. The first kappa shape index (κ1) is 37.2. The zero-order valence-electron chi connectivity index (χ0n) is 35.7. The summed E-state index contributed by atoms with van der Waals surface area (Å²) < 4.78 is 2.45. The van der Waals surface area contributed by atoms with Gasteiger partial charge in [0.2, 0.25) is 0 Å². The molecule has 0 bridgehead atoms. The van der Waals surface area contributed by atoms with Crippen molar-refractivity contribution >= 4 is 55.9 Å². The standard InChI is InChI=1S/C62H43N3/c1-5-21-46(22-6-1)62(47-23-7-2-8-24-47)57-31-17-15-29-53(57)54-37-35-52(42-58(54)62)63(50-34-33-43-19-13-14-20-44(43)39-50)51-36-38-59-45(40-51)41-56-55-30-16-18-32-60(55)65(49-27-11-4-12-28-49)61(56)64(59)48-25-9-3-10-26-48/h1-40,42H,41H2. The van der Waals surface area contributed by atoms with Crippen molar-refractivity contribution in [2.24, 2.45) is 0 Å². The summed E-state index contributed by atoms with van der Waals surface area (Å²) in [6.45, 7) is 0. The minimum Gasteiger partial charge on any atom is -0.310 e. The van der Waals surface area contributed by atoms with Crippen LogP contribution in [0.1, 0.15) is 33.4 Å². The molecule has 2 aliphatic rings. The average molecular weight is 830 g/mol. The van der Waals surface area contributed by atoms with E-state index in [1.54, 1.807) is 0 Å². The molecule has 0 N–H and O–H groups in total. The minimum absolute atomic E-state index is 0.519. The maximum atomic E-state index is 2.48. The third-order valence-electron chi connectivity index (χ3n) is 13.8. The predicted octanol–water partition coefficient (Wildman–Crippen LogP) is 16.0. The van der Waals surface area contributed by atoms with Crippen LogP contribution in [-0.4, -0.2) is 4.57 Å². The second-order valence-corrected chi connectivity index (χ2v) is 17.3. The first-order valence-corrected chi connectivity index (χ1v) is 22.6. The lowest BCUT2D eigenvalue weighted by molar-refractivity contribution is 0.768. The van der Waals surface area contributed by atoms with Gasteiger partial charge in [-0.05, 0) is 123 Å². The van der Waals surface area contributed by atoms with Gasteiger partial charge >= 0.3 is 0 Å². The van der Waals surface area contributed by atoms with E-state index in [1.165, 1.54) is 77.7 Å². The summed E-state index contributed by atoms with van der Waals surface area (Å²) >= 11 is 0. The SMILES string of the molecule is c1ccc(N2c3ccc(N(c4ccc5c(c4)C(c4ccccc4)(c4ccccc4)c4ccccc4-5)c4ccc5ccccc5c4)cc3Cc3c2n(-c2ccccc2)c2ccccc32)cc1. The van der Waals surface area contributed by atoms with Crippen LogP contribution >= 0.6 is 0 Å². The van der Waals surface area contributed by atoms with E-state index in [0.29, 0.717) is 0 Å². The maximum absolute atomic E-state index is 2.48. The summed E-state index contributed by atoms with van der Waals surface area (Å²) in [4.78, 5) is 4.96. The van der Waals surface area contributed by atoms with Gasteiger partial charge in [0.1, 0.15) is 5.82 Å². The van der Waals surface area contributed by atoms with Gasteiger partial charge < -0.3 is 4.90 Å². The molecule has 0 saturated carbocycles. The van der Waals surface area contributed by atoms with E-state index in [1.807, 2.05) is 0 Å². The molecule has 65 heavy (non-hydrogen) atoms. The number of rotatable bonds is 7. The molecule has 1 aliphatic carbocycles. The van der Waals surface area contributed by atoms with Crippen molar-refractivity contribution < 1.29 is 0 Å². The molecule has 0 unspecified atom stereocenters. The fraction of sp³-hybridized carbons (Fsp3) is 0.0323. The lowest BCUT2D eigenvalue weighted by Crippen LogP contribution is -2.28. The fourth-order valence-corrected chi connectivity index (χ4v) is 11.1. The Morgan fingerprint density at radius 2 is 0.954 bits per heavy atom. The zero-order chi connectivity index (χ0) is 42.9. The third-order valence-corrected chi connectivity index (χ3v) is 13.8. The van der Waals surface area contributed by atoms with Gasteiger partial charge in [-0.15, -0.1) is 0 Å². The summed E-state index contributed by atoms with van der Waals surface area (Å²) in [5.74, 6) is 1.19. The van der Waals surface area contributed by atoms with Crippen LogP contribution in [0.15, 0.2) is 249 Å². The van der Waals surface area contributed by atoms with Crippen LogP contribution in [-0.2, 0) is 11.8 Å². The van der Waals surface area contributed by atoms with Crippen molar-refractivity contribution in [3.8, 4) is 16.8 Å². The number of para-hydroxylation sites is 3. The van der Waals surface area contributed by atoms with Crippen LogP contribution in [0.3, 0.4) is 0 Å². The van der Waals surface area contributed by atoms with E-state index in [2.05, 4.69) is 263 Å². The van der Waals surface area contributed by atoms with Crippen molar-refractivity contribution in [1.82, 2.24) is 4.57 Å². The molecule has 3 heteroatoms. The second-order valence-electron chi connectivity index (χ2n) is 17.3. The second kappa shape index (κ2) is 14.9. The van der Waals surface area contributed by atoms with Gasteiger partial charge in [0.05, 0.1) is 16.6 Å². The lowest BCUT2D eigenvalue weighted by atomic mass is 9.67. The molecule has 11 aromatic rings. The van der Waals surface area contributed by atoms with Gasteiger partial charge in [-0.25, -0.2) is 0 Å². The Labute approximate surface area is 379 Å². The molecule has 0 atom stereocenters. The lowest BCUT2D eigenvalue weighted by Gasteiger charge is -2.36. The van der Waals surface area contributed by atoms with E-state index in [9.17, 15) is 0 Å². The Kier molecular flexibility index (Phi) is 8.50. The minimum atomic E-state index is -0.519. The maximum Gasteiger partial charge on any atom is 0.127 e. The monoisotopic (exact) mass is 829 g/mol. The molecule has 13 rings (SSSR count). The highest BCUT2D eigenvalue weighted by atomic mass is 15.3. The van der Waals surface area contributed by atoms with Crippen LogP contribution in [0.25, 0.3) is 38.5 Å². The molecule has 3 nitrogen and oxygen atoms in total. The van der Waals surface area contributed by atoms with Crippen molar-refractivity contribution in [3.05, 3.63) is 282 Å². The summed E-state index contributed by atoms with van der Waals surface area (Å²) in [5, 5.41) is 3.70. The molecule has 1 aliphatic heterocycles. The van der Waals surface area contributed by atoms with E-state index in [0.717, 1.165) is 34.9 Å². The molecule has 306 valence electrons. The Morgan fingerprint density at radius 1 is 0.400 bits per heavy atom. The molecule has 1 aromatic heterocycles. The van der Waals surface area contributed by atoms with Crippen molar-refractivity contribution in [2.45, 2.75) is 11.8 Å². The molecular weight excluding hydrogens is 787 g/mol. The number of anilines is 6. The number of aromatic nitrogens is 1. The molecular formula is C62H43N3. The van der Waals surface area contributed by atoms with Gasteiger partial charge in [-0.1, -0.05) is 176 Å². The Bertz CT molecular complexity index is 3540. The summed E-state index contributed by atoms with van der Waals surface area (Å²) in [6, 6.07) is 91.6. The molecule has 2 heterocycles. The average Bonchev–Trinajstić information content (AvgIpc) is 3.87. The smallest absolute Gasteiger partial charge is 0.127 e. The van der Waals surface area contributed by atoms with Gasteiger partial charge in [-0.2, -0.15) is 0 Å². The van der Waals surface area contributed by atoms with E-state index in [-0.39, 0.29) is 0 Å². The number of fused-ring (bicyclic) bond motifs is 8. The fourth-order valence-electron chi connectivity index (χ4n) is 11.1. The van der Waals surface area contributed by atoms with Crippen LogP contribution < -0.4 is 9.80 Å². The van der Waals surface area contributed by atoms with Crippen molar-refractivity contribution in [2.75, 3.05) is 9.80 Å². The molecule has 0 radical (unpaired) electrons. The van der Waals surface area contributed by atoms with Crippen LogP contribution in [0.5, 0.6) is 0 Å². The number of nitrogens with zero attached hydrogens (tertiary/aromatic N) is 3. The van der Waals surface area contributed by atoms with E-state index >= 15 is 0 Å². The number of hydrogen-bond donors (Lipinski definition) is 0. The normalized spacial score (nSPS) is 13.3. The highest BCUT2D eigenvalue weighted by Crippen LogP contribution is 2.58. The highest BCUT2D eigenvalue weighted by molar-refractivity contribution is 5.99. The quantitative estimate of drug-likeness (QED) is 0.159. The van der Waals surface area contributed by atoms with Crippen LogP contribution in [0, 0.1) is 0 Å². The van der Waals surface area contributed by atoms with Gasteiger partial charge in [0.15, 0.2) is 0 Å². The van der Waals surface area contributed by atoms with Gasteiger partial charge in [0.25, 0.3) is 0 Å². The summed E-state index contributed by atoms with van der Waals surface area (Å²) in [6.07, 6.45) is 0.790. The first-order valence-electron chi connectivity index (χ1n) is 22.6. The molecule has 0 fully saturated rings. The number of hydrogen-bond acceptors (Lipinski definition) is 2. The molecule has 10 aromatic carbocycles. The largest absolute Gasteiger partial charge is 0.310 e. The Hall–Kier alpha value is -8.40. The van der Waals surface area contributed by atoms with Crippen LogP contribution in [0.4, 0.5) is 34.3 Å². The third kappa shape index (κ3) is 5.69.